The predicted octanol–water partition coefficient (Wildman–Crippen LogP) is 2.05. The van der Waals surface area contributed by atoms with Gasteiger partial charge in [0.1, 0.15) is 0 Å². The van der Waals surface area contributed by atoms with E-state index in [9.17, 15) is 9.59 Å². The molecule has 1 fully saturated rings. The van der Waals surface area contributed by atoms with E-state index < -0.39 is 5.97 Å². The first-order valence-electron chi connectivity index (χ1n) is 6.19. The van der Waals surface area contributed by atoms with Crippen molar-refractivity contribution in [2.24, 2.45) is 5.92 Å². The third-order valence-corrected chi connectivity index (χ3v) is 4.20. The molecule has 2 N–H and O–H groups in total. The molecule has 2 rings (SSSR count). The second-order valence-electron chi connectivity index (χ2n) is 4.70. The van der Waals surface area contributed by atoms with Gasteiger partial charge in [-0.15, -0.1) is 11.3 Å². The van der Waals surface area contributed by atoms with Crippen LogP contribution in [0.15, 0.2) is 17.5 Å². The van der Waals surface area contributed by atoms with Crippen molar-refractivity contribution < 1.29 is 14.7 Å². The standard InChI is InChI=1S/C13H17NO3S/c15-12(5-1-3-11-4-2-6-18-11)14-10-7-9(8-10)13(16)17/h2,4,6,9-10H,1,3,5,7-8H2,(H,14,15)(H,16,17). The number of carbonyl (C=O) groups is 2. The van der Waals surface area contributed by atoms with Crippen molar-refractivity contribution in [3.63, 3.8) is 0 Å². The smallest absolute Gasteiger partial charge is 0.306 e. The van der Waals surface area contributed by atoms with E-state index in [1.165, 1.54) is 4.88 Å². The van der Waals surface area contributed by atoms with Crippen molar-refractivity contribution in [3.8, 4) is 0 Å². The SMILES string of the molecule is O=C(CCCc1cccs1)NC1CC(C(=O)O)C1. The Bertz CT molecular complexity index is 410. The van der Waals surface area contributed by atoms with E-state index in [0.717, 1.165) is 12.8 Å². The highest BCUT2D eigenvalue weighted by molar-refractivity contribution is 7.09. The Morgan fingerprint density at radius 1 is 1.44 bits per heavy atom. The Balaban J connectivity index is 1.57. The summed E-state index contributed by atoms with van der Waals surface area (Å²) < 4.78 is 0. The molecule has 1 heterocycles. The summed E-state index contributed by atoms with van der Waals surface area (Å²) in [4.78, 5) is 23.5. The number of rotatable bonds is 6. The van der Waals surface area contributed by atoms with E-state index >= 15 is 0 Å². The number of aliphatic carboxylic acids is 1. The summed E-state index contributed by atoms with van der Waals surface area (Å²) in [6, 6.07) is 4.16. The Kier molecular flexibility index (Phi) is 4.36. The molecule has 1 aliphatic rings. The molecule has 1 amide bonds. The van der Waals surface area contributed by atoms with Crippen LogP contribution in [-0.4, -0.2) is 23.0 Å². The fourth-order valence-electron chi connectivity index (χ4n) is 2.12. The molecule has 1 saturated carbocycles. The van der Waals surface area contributed by atoms with Crippen molar-refractivity contribution in [2.75, 3.05) is 0 Å². The highest BCUT2D eigenvalue weighted by atomic mass is 32.1. The zero-order chi connectivity index (χ0) is 13.0. The minimum absolute atomic E-state index is 0.0420. The third-order valence-electron chi connectivity index (χ3n) is 3.26. The van der Waals surface area contributed by atoms with Crippen LogP contribution in [0.2, 0.25) is 0 Å². The number of nitrogens with one attached hydrogen (secondary N) is 1. The van der Waals surface area contributed by atoms with Crippen LogP contribution in [0.4, 0.5) is 0 Å². The van der Waals surface area contributed by atoms with E-state index in [1.54, 1.807) is 11.3 Å². The zero-order valence-electron chi connectivity index (χ0n) is 10.1. The van der Waals surface area contributed by atoms with Gasteiger partial charge in [0.05, 0.1) is 5.92 Å². The molecule has 1 aromatic rings. The van der Waals surface area contributed by atoms with Crippen LogP contribution in [0.5, 0.6) is 0 Å². The van der Waals surface area contributed by atoms with Crippen LogP contribution < -0.4 is 5.32 Å². The van der Waals surface area contributed by atoms with Gasteiger partial charge in [-0.25, -0.2) is 0 Å². The lowest BCUT2D eigenvalue weighted by atomic mass is 9.80. The number of hydrogen-bond acceptors (Lipinski definition) is 3. The molecule has 0 bridgehead atoms. The Hall–Kier alpha value is -1.36. The average Bonchev–Trinajstić information content (AvgIpc) is 2.75. The van der Waals surface area contributed by atoms with Crippen molar-refractivity contribution in [1.29, 1.82) is 0 Å². The minimum atomic E-state index is -0.752. The van der Waals surface area contributed by atoms with Gasteiger partial charge in [0.2, 0.25) is 5.91 Å². The molecule has 1 aromatic heterocycles. The summed E-state index contributed by atoms with van der Waals surface area (Å²) in [6.07, 6.45) is 3.46. The molecule has 0 aromatic carbocycles. The van der Waals surface area contributed by atoms with Crippen LogP contribution in [0, 0.1) is 5.92 Å². The molecule has 0 aliphatic heterocycles. The van der Waals surface area contributed by atoms with Crippen molar-refractivity contribution >= 4 is 23.2 Å². The topological polar surface area (TPSA) is 66.4 Å². The van der Waals surface area contributed by atoms with E-state index in [2.05, 4.69) is 11.4 Å². The van der Waals surface area contributed by atoms with Crippen molar-refractivity contribution in [1.82, 2.24) is 5.32 Å². The van der Waals surface area contributed by atoms with E-state index in [0.29, 0.717) is 19.3 Å². The normalized spacial score (nSPS) is 22.2. The number of carboxylic acid groups (broad SMARTS) is 1. The molecule has 0 atom stereocenters. The minimum Gasteiger partial charge on any atom is -0.481 e. The molecule has 4 nitrogen and oxygen atoms in total. The summed E-state index contributed by atoms with van der Waals surface area (Å²) in [5.74, 6) is -0.972. The predicted molar refractivity (Wildman–Crippen MR) is 69.5 cm³/mol. The molecule has 0 spiro atoms. The third kappa shape index (κ3) is 3.57. The molecule has 0 radical (unpaired) electrons. The lowest BCUT2D eigenvalue weighted by molar-refractivity contribution is -0.146. The Labute approximate surface area is 110 Å². The fraction of sp³-hybridized carbons (Fsp3) is 0.538. The zero-order valence-corrected chi connectivity index (χ0v) is 10.9. The molecule has 98 valence electrons. The van der Waals surface area contributed by atoms with Gasteiger partial charge >= 0.3 is 5.97 Å². The number of aryl methyl sites for hydroxylation is 1. The number of hydrogen-bond donors (Lipinski definition) is 2. The highest BCUT2D eigenvalue weighted by Gasteiger charge is 2.34. The van der Waals surface area contributed by atoms with E-state index in [-0.39, 0.29) is 17.9 Å². The second kappa shape index (κ2) is 6.00. The quantitative estimate of drug-likeness (QED) is 0.829. The number of amides is 1. The van der Waals surface area contributed by atoms with E-state index in [4.69, 9.17) is 5.11 Å². The largest absolute Gasteiger partial charge is 0.481 e. The summed E-state index contributed by atoms with van der Waals surface area (Å²) in [6.45, 7) is 0. The summed E-state index contributed by atoms with van der Waals surface area (Å²) in [5.41, 5.74) is 0. The molecule has 1 aliphatic carbocycles. The molecular formula is C13H17NO3S. The van der Waals surface area contributed by atoms with Crippen molar-refractivity contribution in [2.45, 2.75) is 38.1 Å². The molecule has 5 heteroatoms. The molecular weight excluding hydrogens is 250 g/mol. The van der Waals surface area contributed by atoms with Gasteiger partial charge in [-0.2, -0.15) is 0 Å². The molecule has 0 unspecified atom stereocenters. The number of carboxylic acids is 1. The van der Waals surface area contributed by atoms with Gasteiger partial charge in [-0.3, -0.25) is 9.59 Å². The first kappa shape index (κ1) is 13.1. The van der Waals surface area contributed by atoms with Crippen LogP contribution >= 0.6 is 11.3 Å². The summed E-state index contributed by atoms with van der Waals surface area (Å²) in [7, 11) is 0. The number of carbonyl (C=O) groups excluding carboxylic acids is 1. The maximum absolute atomic E-state index is 11.6. The Morgan fingerprint density at radius 3 is 2.83 bits per heavy atom. The summed E-state index contributed by atoms with van der Waals surface area (Å²) in [5, 5.41) is 13.6. The first-order chi connectivity index (χ1) is 8.65. The highest BCUT2D eigenvalue weighted by Crippen LogP contribution is 2.27. The maximum atomic E-state index is 11.6. The van der Waals surface area contributed by atoms with Gasteiger partial charge in [0.15, 0.2) is 0 Å². The second-order valence-corrected chi connectivity index (χ2v) is 5.74. The summed E-state index contributed by atoms with van der Waals surface area (Å²) >= 11 is 1.71. The first-order valence-corrected chi connectivity index (χ1v) is 7.07. The fourth-order valence-corrected chi connectivity index (χ4v) is 2.87. The van der Waals surface area contributed by atoms with Crippen LogP contribution in [0.1, 0.15) is 30.6 Å². The van der Waals surface area contributed by atoms with Crippen molar-refractivity contribution in [3.05, 3.63) is 22.4 Å². The van der Waals surface area contributed by atoms with Gasteiger partial charge in [-0.1, -0.05) is 6.07 Å². The Morgan fingerprint density at radius 2 is 2.22 bits per heavy atom. The van der Waals surface area contributed by atoms with Crippen LogP contribution in [0.25, 0.3) is 0 Å². The van der Waals surface area contributed by atoms with Gasteiger partial charge < -0.3 is 10.4 Å². The van der Waals surface area contributed by atoms with Crippen LogP contribution in [0.3, 0.4) is 0 Å². The van der Waals surface area contributed by atoms with E-state index in [1.807, 2.05) is 11.4 Å². The van der Waals surface area contributed by atoms with Crippen LogP contribution in [-0.2, 0) is 16.0 Å². The maximum Gasteiger partial charge on any atom is 0.306 e. The average molecular weight is 267 g/mol. The molecule has 18 heavy (non-hydrogen) atoms. The van der Waals surface area contributed by atoms with Gasteiger partial charge in [-0.05, 0) is 37.1 Å². The lowest BCUT2D eigenvalue weighted by Crippen LogP contribution is -2.46. The van der Waals surface area contributed by atoms with Gasteiger partial charge in [0.25, 0.3) is 0 Å². The monoisotopic (exact) mass is 267 g/mol. The van der Waals surface area contributed by atoms with Gasteiger partial charge in [0, 0.05) is 17.3 Å². The molecule has 0 saturated heterocycles. The lowest BCUT2D eigenvalue weighted by Gasteiger charge is -2.32. The number of thiophene rings is 1.